The number of likely N-dealkylation sites (tertiary alicyclic amines) is 1. The first kappa shape index (κ1) is 31.2. The number of pyridine rings is 1. The van der Waals surface area contributed by atoms with E-state index in [-0.39, 0.29) is 12.1 Å². The first-order valence-corrected chi connectivity index (χ1v) is 14.5. The summed E-state index contributed by atoms with van der Waals surface area (Å²) in [6, 6.07) is 11.2. The predicted octanol–water partition coefficient (Wildman–Crippen LogP) is 6.92. The highest BCUT2D eigenvalue weighted by molar-refractivity contribution is 5.98. The van der Waals surface area contributed by atoms with Gasteiger partial charge in [-0.05, 0) is 97.7 Å². The number of anilines is 3. The number of allylic oxidation sites excluding steroid dienone is 2. The van der Waals surface area contributed by atoms with Gasteiger partial charge in [-0.2, -0.15) is 10.4 Å². The molecule has 0 bridgehead atoms. The SMILES string of the molecule is C/C=C(\C)OC(=O)N(c1ccc(OCC)cc1)c1c(C)c(NC2CCN(C(=O)OC(C)(C)C)CC2)c(C#N)c2ccnn12. The number of hydrogen-bond acceptors (Lipinski definition) is 8. The minimum Gasteiger partial charge on any atom is -0.494 e. The molecule has 228 valence electrons. The second-order valence-electron chi connectivity index (χ2n) is 11.4. The van der Waals surface area contributed by atoms with Crippen LogP contribution in [0.3, 0.4) is 0 Å². The monoisotopic (exact) mass is 588 g/mol. The van der Waals surface area contributed by atoms with E-state index in [0.29, 0.717) is 77.9 Å². The summed E-state index contributed by atoms with van der Waals surface area (Å²) in [5, 5.41) is 18.3. The summed E-state index contributed by atoms with van der Waals surface area (Å²) in [5.74, 6) is 1.55. The Balaban J connectivity index is 1.75. The van der Waals surface area contributed by atoms with E-state index >= 15 is 0 Å². The summed E-state index contributed by atoms with van der Waals surface area (Å²) in [6.07, 6.45) is 3.68. The molecule has 3 heterocycles. The van der Waals surface area contributed by atoms with Crippen molar-refractivity contribution in [2.75, 3.05) is 29.9 Å². The number of benzene rings is 1. The maximum atomic E-state index is 13.8. The van der Waals surface area contributed by atoms with E-state index in [9.17, 15) is 14.9 Å². The van der Waals surface area contributed by atoms with Crippen molar-refractivity contribution < 1.29 is 23.8 Å². The van der Waals surface area contributed by atoms with Gasteiger partial charge >= 0.3 is 12.2 Å². The third-order valence-corrected chi connectivity index (χ3v) is 7.12. The Bertz CT molecular complexity index is 1540. The van der Waals surface area contributed by atoms with Crippen molar-refractivity contribution in [2.45, 2.75) is 73.0 Å². The molecule has 0 saturated carbocycles. The van der Waals surface area contributed by atoms with E-state index in [4.69, 9.17) is 14.2 Å². The van der Waals surface area contributed by atoms with Gasteiger partial charge in [-0.3, -0.25) is 0 Å². The molecule has 1 fully saturated rings. The lowest BCUT2D eigenvalue weighted by Gasteiger charge is -2.35. The van der Waals surface area contributed by atoms with E-state index in [1.54, 1.807) is 65.9 Å². The molecule has 1 N–H and O–H groups in total. The molecule has 1 saturated heterocycles. The van der Waals surface area contributed by atoms with Crippen LogP contribution in [0, 0.1) is 18.3 Å². The third kappa shape index (κ3) is 7.02. The van der Waals surface area contributed by atoms with Crippen molar-refractivity contribution in [1.82, 2.24) is 14.5 Å². The zero-order valence-corrected chi connectivity index (χ0v) is 25.9. The highest BCUT2D eigenvalue weighted by Gasteiger charge is 2.31. The van der Waals surface area contributed by atoms with Crippen LogP contribution in [-0.4, -0.2) is 58.0 Å². The van der Waals surface area contributed by atoms with Gasteiger partial charge in [0.05, 0.1) is 29.7 Å². The summed E-state index contributed by atoms with van der Waals surface area (Å²) >= 11 is 0. The van der Waals surface area contributed by atoms with E-state index in [2.05, 4.69) is 16.5 Å². The number of carbonyl (C=O) groups is 2. The molecule has 1 aliphatic heterocycles. The minimum absolute atomic E-state index is 0.0149. The molecule has 4 rings (SSSR count). The molecular formula is C32H40N6O5. The molecule has 0 radical (unpaired) electrons. The van der Waals surface area contributed by atoms with E-state index < -0.39 is 11.7 Å². The summed E-state index contributed by atoms with van der Waals surface area (Å²) in [5.41, 5.74) is 2.18. The van der Waals surface area contributed by atoms with Gasteiger partial charge < -0.3 is 24.4 Å². The lowest BCUT2D eigenvalue weighted by atomic mass is 10.0. The minimum atomic E-state index is -0.624. The average Bonchev–Trinajstić information content (AvgIpc) is 3.45. The van der Waals surface area contributed by atoms with Gasteiger partial charge in [0, 0.05) is 24.7 Å². The third-order valence-electron chi connectivity index (χ3n) is 7.12. The van der Waals surface area contributed by atoms with Gasteiger partial charge in [-0.1, -0.05) is 0 Å². The quantitative estimate of drug-likeness (QED) is 0.295. The Hall–Kier alpha value is -4.72. The molecule has 3 aromatic rings. The molecule has 11 nitrogen and oxygen atoms in total. The number of hydrogen-bond donors (Lipinski definition) is 1. The number of amides is 2. The van der Waals surface area contributed by atoms with E-state index in [1.807, 2.05) is 34.6 Å². The molecule has 43 heavy (non-hydrogen) atoms. The zero-order chi connectivity index (χ0) is 31.3. The number of carbonyl (C=O) groups excluding carboxylic acids is 2. The number of nitrogens with zero attached hydrogens (tertiary/aromatic N) is 5. The summed E-state index contributed by atoms with van der Waals surface area (Å²) in [7, 11) is 0. The van der Waals surface area contributed by atoms with Crippen molar-refractivity contribution in [3.8, 4) is 11.8 Å². The molecule has 11 heteroatoms. The fraction of sp³-hybridized carbons (Fsp3) is 0.438. The van der Waals surface area contributed by atoms with Crippen LogP contribution in [0.4, 0.5) is 26.8 Å². The van der Waals surface area contributed by atoms with Crippen molar-refractivity contribution in [2.24, 2.45) is 0 Å². The number of ether oxygens (including phenoxy) is 3. The van der Waals surface area contributed by atoms with Gasteiger partial charge in [0.2, 0.25) is 0 Å². The lowest BCUT2D eigenvalue weighted by Crippen LogP contribution is -2.44. The van der Waals surface area contributed by atoms with Crippen LogP contribution in [0.25, 0.3) is 5.52 Å². The van der Waals surface area contributed by atoms with Gasteiger partial charge in [-0.15, -0.1) is 0 Å². The zero-order valence-electron chi connectivity index (χ0n) is 25.9. The molecular weight excluding hydrogens is 548 g/mol. The van der Waals surface area contributed by atoms with Crippen molar-refractivity contribution in [3.05, 3.63) is 59.5 Å². The second kappa shape index (κ2) is 13.1. The van der Waals surface area contributed by atoms with E-state index in [1.165, 1.54) is 4.90 Å². The normalized spacial score (nSPS) is 14.3. The second-order valence-corrected chi connectivity index (χ2v) is 11.4. The molecule has 0 aliphatic carbocycles. The molecule has 1 aliphatic rings. The number of nitrogens with one attached hydrogen (secondary N) is 1. The number of fused-ring (bicyclic) bond motifs is 1. The maximum Gasteiger partial charge on any atom is 0.425 e. The van der Waals surface area contributed by atoms with Gasteiger partial charge in [0.1, 0.15) is 34.6 Å². The van der Waals surface area contributed by atoms with Crippen LogP contribution in [0.2, 0.25) is 0 Å². The van der Waals surface area contributed by atoms with Crippen LogP contribution < -0.4 is 15.0 Å². The molecule has 2 aromatic heterocycles. The number of piperidine rings is 1. The fourth-order valence-electron chi connectivity index (χ4n) is 4.96. The fourth-order valence-corrected chi connectivity index (χ4v) is 4.96. The van der Waals surface area contributed by atoms with Crippen LogP contribution in [0.15, 0.2) is 48.4 Å². The van der Waals surface area contributed by atoms with Crippen LogP contribution >= 0.6 is 0 Å². The van der Waals surface area contributed by atoms with Gasteiger partial charge in [0.15, 0.2) is 0 Å². The van der Waals surface area contributed by atoms with Crippen molar-refractivity contribution in [3.63, 3.8) is 0 Å². The summed E-state index contributed by atoms with van der Waals surface area (Å²) < 4.78 is 18.4. The Labute approximate surface area is 252 Å². The lowest BCUT2D eigenvalue weighted by molar-refractivity contribution is 0.0210. The highest BCUT2D eigenvalue weighted by atomic mass is 16.6. The van der Waals surface area contributed by atoms with Crippen LogP contribution in [0.1, 0.15) is 65.5 Å². The standard InChI is InChI=1S/C32H40N6O5/c1-8-21(3)42-31(40)37(24-10-12-25(13-11-24)41-9-2)29-22(4)28(26(20-33)27-14-17-34-38(27)29)35-23-15-18-36(19-16-23)30(39)43-32(5,6)7/h8,10-14,17,23,35H,9,15-16,18-19H2,1-7H3/b21-8+. The van der Waals surface area contributed by atoms with Gasteiger partial charge in [0.25, 0.3) is 0 Å². The molecule has 0 atom stereocenters. The van der Waals surface area contributed by atoms with Crippen molar-refractivity contribution in [1.29, 1.82) is 5.26 Å². The Morgan fingerprint density at radius 2 is 1.86 bits per heavy atom. The molecule has 0 unspecified atom stereocenters. The summed E-state index contributed by atoms with van der Waals surface area (Å²) in [4.78, 5) is 29.5. The van der Waals surface area contributed by atoms with Crippen molar-refractivity contribution >= 4 is 34.9 Å². The average molecular weight is 589 g/mol. The first-order valence-electron chi connectivity index (χ1n) is 14.5. The van der Waals surface area contributed by atoms with Gasteiger partial charge in [-0.25, -0.2) is 19.0 Å². The first-order chi connectivity index (χ1) is 20.5. The maximum absolute atomic E-state index is 13.8. The Morgan fingerprint density at radius 1 is 1.19 bits per heavy atom. The molecule has 0 spiro atoms. The smallest absolute Gasteiger partial charge is 0.425 e. The predicted molar refractivity (Wildman–Crippen MR) is 165 cm³/mol. The topological polar surface area (TPSA) is 121 Å². The number of aromatic nitrogens is 2. The molecule has 1 aromatic carbocycles. The summed E-state index contributed by atoms with van der Waals surface area (Å²) in [6.45, 7) is 14.4. The Kier molecular flexibility index (Phi) is 9.49. The number of rotatable bonds is 7. The van der Waals surface area contributed by atoms with Crippen LogP contribution in [-0.2, 0) is 9.47 Å². The Morgan fingerprint density at radius 3 is 2.44 bits per heavy atom. The largest absolute Gasteiger partial charge is 0.494 e. The van der Waals surface area contributed by atoms with E-state index in [0.717, 1.165) is 0 Å². The highest BCUT2D eigenvalue weighted by Crippen LogP contribution is 2.38. The molecule has 2 amide bonds. The van der Waals surface area contributed by atoms with Crippen LogP contribution in [0.5, 0.6) is 5.75 Å². The number of nitriles is 1.